The largest absolute Gasteiger partial charge is 0.338 e. The molecule has 0 unspecified atom stereocenters. The maximum Gasteiger partial charge on any atom is 0.314 e. The molecular weight excluding hydrogens is 293 g/mol. The minimum Gasteiger partial charge on any atom is -0.338 e. The van der Waals surface area contributed by atoms with Gasteiger partial charge in [0.2, 0.25) is 0 Å². The van der Waals surface area contributed by atoms with E-state index >= 15 is 0 Å². The minimum atomic E-state index is -0.102. The summed E-state index contributed by atoms with van der Waals surface area (Å²) in [5, 5.41) is 5.76. The van der Waals surface area contributed by atoms with Gasteiger partial charge in [-0.25, -0.2) is 9.18 Å². The number of carbonyl (C=O) groups is 1. The Kier molecular flexibility index (Phi) is 5.99. The lowest BCUT2D eigenvalue weighted by atomic mass is 10.0. The molecule has 1 aliphatic heterocycles. The summed E-state index contributed by atoms with van der Waals surface area (Å²) in [4.78, 5) is 14.0. The van der Waals surface area contributed by atoms with Crippen LogP contribution in [0.25, 0.3) is 0 Å². The first kappa shape index (κ1) is 17.7. The zero-order valence-electron chi connectivity index (χ0n) is 14.6. The quantitative estimate of drug-likeness (QED) is 0.876. The van der Waals surface area contributed by atoms with Gasteiger partial charge in [-0.3, -0.25) is 4.90 Å². The highest BCUT2D eigenvalue weighted by atomic mass is 19.1. The van der Waals surface area contributed by atoms with Gasteiger partial charge in [-0.15, -0.1) is 0 Å². The highest BCUT2D eigenvalue weighted by molar-refractivity contribution is 5.74. The van der Waals surface area contributed by atoms with E-state index in [1.807, 2.05) is 32.9 Å². The van der Waals surface area contributed by atoms with Gasteiger partial charge in [0.1, 0.15) is 5.82 Å². The minimum absolute atomic E-state index is 0.0923. The van der Waals surface area contributed by atoms with Gasteiger partial charge in [0.25, 0.3) is 0 Å². The fraction of sp³-hybridized carbons (Fsp3) is 0.611. The van der Waals surface area contributed by atoms with E-state index in [4.69, 9.17) is 0 Å². The molecule has 1 aromatic carbocycles. The summed E-state index contributed by atoms with van der Waals surface area (Å²) in [6.45, 7) is 10.9. The van der Waals surface area contributed by atoms with Gasteiger partial charge in [0, 0.05) is 25.7 Å². The number of halogens is 1. The molecule has 2 amide bonds. The van der Waals surface area contributed by atoms with Crippen LogP contribution in [0, 0.1) is 25.6 Å². The second kappa shape index (κ2) is 7.77. The van der Waals surface area contributed by atoms with Crippen molar-refractivity contribution in [3.05, 3.63) is 34.6 Å². The lowest BCUT2D eigenvalue weighted by Gasteiger charge is -2.18. The van der Waals surface area contributed by atoms with Crippen LogP contribution >= 0.6 is 0 Å². The van der Waals surface area contributed by atoms with Crippen LogP contribution in [0.2, 0.25) is 0 Å². The molecule has 0 saturated carbocycles. The van der Waals surface area contributed by atoms with Gasteiger partial charge < -0.3 is 10.6 Å². The van der Waals surface area contributed by atoms with Gasteiger partial charge in [-0.05, 0) is 63.3 Å². The fourth-order valence-electron chi connectivity index (χ4n) is 3.05. The molecular formula is C18H28FN3O. The Balaban J connectivity index is 1.82. The summed E-state index contributed by atoms with van der Waals surface area (Å²) < 4.78 is 14.0. The van der Waals surface area contributed by atoms with Crippen LogP contribution < -0.4 is 10.6 Å². The molecule has 0 aromatic heterocycles. The lowest BCUT2D eigenvalue weighted by molar-refractivity contribution is 0.236. The Morgan fingerprint density at radius 2 is 2.13 bits per heavy atom. The van der Waals surface area contributed by atoms with Crippen molar-refractivity contribution in [3.63, 3.8) is 0 Å². The highest BCUT2D eigenvalue weighted by Crippen LogP contribution is 2.22. The zero-order valence-corrected chi connectivity index (χ0v) is 14.6. The predicted molar refractivity (Wildman–Crippen MR) is 90.9 cm³/mol. The van der Waals surface area contributed by atoms with Crippen LogP contribution in [-0.2, 0) is 6.54 Å². The first-order valence-corrected chi connectivity index (χ1v) is 8.38. The lowest BCUT2D eigenvalue weighted by Crippen LogP contribution is -2.41. The fourth-order valence-corrected chi connectivity index (χ4v) is 3.05. The Morgan fingerprint density at radius 1 is 1.39 bits per heavy atom. The third kappa shape index (κ3) is 4.93. The number of hydrogen-bond acceptors (Lipinski definition) is 2. The van der Waals surface area contributed by atoms with Crippen molar-refractivity contribution in [1.29, 1.82) is 0 Å². The van der Waals surface area contributed by atoms with Crippen molar-refractivity contribution >= 4 is 6.03 Å². The average molecular weight is 321 g/mol. The van der Waals surface area contributed by atoms with E-state index in [0.717, 1.165) is 37.2 Å². The molecule has 1 fully saturated rings. The number of hydrogen-bond donors (Lipinski definition) is 2. The van der Waals surface area contributed by atoms with Crippen LogP contribution in [0.15, 0.2) is 12.1 Å². The van der Waals surface area contributed by atoms with Gasteiger partial charge in [0.05, 0.1) is 0 Å². The molecule has 0 bridgehead atoms. The summed E-state index contributed by atoms with van der Waals surface area (Å²) >= 11 is 0. The Bertz CT molecular complexity index is 559. The molecule has 128 valence electrons. The van der Waals surface area contributed by atoms with E-state index < -0.39 is 0 Å². The number of urea groups is 1. The standard InChI is InChI=1S/C18H28FN3O/c1-12(2)21-18(23)20-9-15-7-8-22(10-15)11-16-6-5-13(3)17(19)14(16)4/h5-6,12,15H,7-11H2,1-4H3,(H2,20,21,23)/t15-/m1/s1. The SMILES string of the molecule is Cc1ccc(CN2CC[C@H](CNC(=O)NC(C)C)C2)c(C)c1F. The topological polar surface area (TPSA) is 44.4 Å². The van der Waals surface area contributed by atoms with E-state index in [1.54, 1.807) is 6.92 Å². The first-order valence-electron chi connectivity index (χ1n) is 8.38. The van der Waals surface area contributed by atoms with Crippen LogP contribution in [-0.4, -0.2) is 36.6 Å². The number of nitrogens with one attached hydrogen (secondary N) is 2. The predicted octanol–water partition coefficient (Wildman–Crippen LogP) is 2.97. The van der Waals surface area contributed by atoms with Crippen LogP contribution in [0.4, 0.5) is 9.18 Å². The van der Waals surface area contributed by atoms with Gasteiger partial charge >= 0.3 is 6.03 Å². The van der Waals surface area contributed by atoms with E-state index in [1.165, 1.54) is 0 Å². The van der Waals surface area contributed by atoms with Crippen molar-refractivity contribution in [3.8, 4) is 0 Å². The van der Waals surface area contributed by atoms with Gasteiger partial charge in [-0.1, -0.05) is 12.1 Å². The maximum absolute atomic E-state index is 14.0. The number of likely N-dealkylation sites (tertiary alicyclic amines) is 1. The highest BCUT2D eigenvalue weighted by Gasteiger charge is 2.23. The van der Waals surface area contributed by atoms with Crippen molar-refractivity contribution in [2.75, 3.05) is 19.6 Å². The van der Waals surface area contributed by atoms with Crippen LogP contribution in [0.1, 0.15) is 37.0 Å². The summed E-state index contributed by atoms with van der Waals surface area (Å²) in [6, 6.07) is 3.92. The van der Waals surface area contributed by atoms with Crippen LogP contribution in [0.3, 0.4) is 0 Å². The number of nitrogens with zero attached hydrogens (tertiary/aromatic N) is 1. The maximum atomic E-state index is 14.0. The molecule has 0 radical (unpaired) electrons. The second-order valence-electron chi connectivity index (χ2n) is 6.88. The average Bonchev–Trinajstić information content (AvgIpc) is 2.93. The first-order chi connectivity index (χ1) is 10.9. The molecule has 2 rings (SSSR count). The molecule has 2 N–H and O–H groups in total. The van der Waals surface area contributed by atoms with E-state index in [9.17, 15) is 9.18 Å². The molecule has 0 spiro atoms. The number of amides is 2. The van der Waals surface area contributed by atoms with Crippen molar-refractivity contribution in [1.82, 2.24) is 15.5 Å². The molecule has 1 aromatic rings. The van der Waals surface area contributed by atoms with Crippen LogP contribution in [0.5, 0.6) is 0 Å². The van der Waals surface area contributed by atoms with E-state index in [2.05, 4.69) is 15.5 Å². The van der Waals surface area contributed by atoms with Crippen molar-refractivity contribution in [2.45, 2.75) is 46.7 Å². The van der Waals surface area contributed by atoms with E-state index in [-0.39, 0.29) is 17.9 Å². The van der Waals surface area contributed by atoms with Gasteiger partial charge in [-0.2, -0.15) is 0 Å². The summed E-state index contributed by atoms with van der Waals surface area (Å²) in [5.74, 6) is 0.369. The Labute approximate surface area is 138 Å². The zero-order chi connectivity index (χ0) is 17.0. The molecule has 5 heteroatoms. The summed E-state index contributed by atoms with van der Waals surface area (Å²) in [7, 11) is 0. The monoisotopic (exact) mass is 321 g/mol. The van der Waals surface area contributed by atoms with Crippen molar-refractivity contribution < 1.29 is 9.18 Å². The third-order valence-electron chi connectivity index (χ3n) is 4.43. The molecule has 1 atom stereocenters. The number of benzene rings is 1. The number of rotatable bonds is 5. The Morgan fingerprint density at radius 3 is 2.83 bits per heavy atom. The molecule has 1 heterocycles. The smallest absolute Gasteiger partial charge is 0.314 e. The normalized spacial score (nSPS) is 18.4. The molecule has 1 aliphatic rings. The number of aryl methyl sites for hydroxylation is 1. The molecule has 1 saturated heterocycles. The molecule has 0 aliphatic carbocycles. The third-order valence-corrected chi connectivity index (χ3v) is 4.43. The van der Waals surface area contributed by atoms with Crippen molar-refractivity contribution in [2.24, 2.45) is 5.92 Å². The molecule has 23 heavy (non-hydrogen) atoms. The molecule has 4 nitrogen and oxygen atoms in total. The Hall–Kier alpha value is -1.62. The summed E-state index contributed by atoms with van der Waals surface area (Å²) in [6.07, 6.45) is 1.06. The van der Waals surface area contributed by atoms with E-state index in [0.29, 0.717) is 18.0 Å². The van der Waals surface area contributed by atoms with Gasteiger partial charge in [0.15, 0.2) is 0 Å². The second-order valence-corrected chi connectivity index (χ2v) is 6.88. The summed E-state index contributed by atoms with van der Waals surface area (Å²) in [5.41, 5.74) is 2.51. The number of carbonyl (C=O) groups excluding carboxylic acids is 1.